The van der Waals surface area contributed by atoms with Gasteiger partial charge >= 0.3 is 6.03 Å². The topological polar surface area (TPSA) is 41.6 Å². The van der Waals surface area contributed by atoms with Crippen LogP contribution in [-0.4, -0.2) is 37.7 Å². The highest BCUT2D eigenvalue weighted by molar-refractivity contribution is 6.33. The summed E-state index contributed by atoms with van der Waals surface area (Å²) in [5.74, 6) is 0.434. The zero-order chi connectivity index (χ0) is 13.8. The number of benzene rings is 1. The van der Waals surface area contributed by atoms with E-state index in [0.29, 0.717) is 23.2 Å². The molecule has 0 saturated carbocycles. The number of amides is 2. The van der Waals surface area contributed by atoms with Gasteiger partial charge in [0, 0.05) is 26.1 Å². The van der Waals surface area contributed by atoms with E-state index in [1.54, 1.807) is 11.9 Å². The number of hydrogen-bond acceptors (Lipinski definition) is 2. The molecule has 1 saturated heterocycles. The number of carbonyl (C=O) groups excluding carboxylic acids is 1. The minimum atomic E-state index is -0.141. The van der Waals surface area contributed by atoms with Crippen molar-refractivity contribution in [2.45, 2.75) is 13.3 Å². The Hall–Kier alpha value is -1.26. The molecule has 1 aliphatic heterocycles. The second-order valence-electron chi connectivity index (χ2n) is 5.02. The van der Waals surface area contributed by atoms with Crippen molar-refractivity contribution in [3.8, 4) is 0 Å². The van der Waals surface area contributed by atoms with Crippen LogP contribution in [-0.2, 0) is 4.74 Å². The lowest BCUT2D eigenvalue weighted by Gasteiger charge is -2.21. The van der Waals surface area contributed by atoms with E-state index >= 15 is 0 Å². The number of nitrogens with one attached hydrogen (secondary N) is 1. The van der Waals surface area contributed by atoms with Gasteiger partial charge in [-0.1, -0.05) is 17.7 Å². The van der Waals surface area contributed by atoms with Crippen molar-refractivity contribution < 1.29 is 9.53 Å². The number of rotatable bonds is 3. The summed E-state index contributed by atoms with van der Waals surface area (Å²) in [7, 11) is 1.79. The Balaban J connectivity index is 1.92. The summed E-state index contributed by atoms with van der Waals surface area (Å²) in [6, 6.07) is 5.44. The molecule has 1 heterocycles. The van der Waals surface area contributed by atoms with Gasteiger partial charge in [-0.25, -0.2) is 4.79 Å². The SMILES string of the molecule is Cc1ccc(NC(=O)N(C)CC2CCOC2)c(Cl)c1. The number of urea groups is 1. The Morgan fingerprint density at radius 3 is 3.00 bits per heavy atom. The standard InChI is InChI=1S/C14H19ClN2O2/c1-10-3-4-13(12(15)7-10)16-14(18)17(2)8-11-5-6-19-9-11/h3-4,7,11H,5-6,8-9H2,1-2H3,(H,16,18). The predicted octanol–water partition coefficient (Wildman–Crippen LogP) is 3.15. The van der Waals surface area contributed by atoms with Gasteiger partial charge in [-0.05, 0) is 31.0 Å². The van der Waals surface area contributed by atoms with Crippen molar-refractivity contribution >= 4 is 23.3 Å². The molecule has 1 unspecified atom stereocenters. The molecule has 4 nitrogen and oxygen atoms in total. The van der Waals surface area contributed by atoms with Crippen molar-refractivity contribution in [1.82, 2.24) is 4.90 Å². The van der Waals surface area contributed by atoms with Gasteiger partial charge in [0.15, 0.2) is 0 Å². The lowest BCUT2D eigenvalue weighted by molar-refractivity contribution is 0.175. The van der Waals surface area contributed by atoms with Crippen molar-refractivity contribution in [1.29, 1.82) is 0 Å². The van der Waals surface area contributed by atoms with Crippen LogP contribution in [0.25, 0.3) is 0 Å². The van der Waals surface area contributed by atoms with Gasteiger partial charge in [0.05, 0.1) is 17.3 Å². The molecule has 1 aromatic rings. The molecule has 104 valence electrons. The fraction of sp³-hybridized carbons (Fsp3) is 0.500. The predicted molar refractivity (Wildman–Crippen MR) is 76.8 cm³/mol. The third-order valence-electron chi connectivity index (χ3n) is 3.27. The summed E-state index contributed by atoms with van der Waals surface area (Å²) < 4.78 is 5.31. The van der Waals surface area contributed by atoms with E-state index in [1.165, 1.54) is 0 Å². The van der Waals surface area contributed by atoms with E-state index in [1.807, 2.05) is 25.1 Å². The van der Waals surface area contributed by atoms with Crippen LogP contribution in [0.4, 0.5) is 10.5 Å². The zero-order valence-electron chi connectivity index (χ0n) is 11.3. The number of halogens is 1. The highest BCUT2D eigenvalue weighted by Crippen LogP contribution is 2.23. The van der Waals surface area contributed by atoms with E-state index < -0.39 is 0 Å². The van der Waals surface area contributed by atoms with Crippen LogP contribution in [0.3, 0.4) is 0 Å². The lowest BCUT2D eigenvalue weighted by Crippen LogP contribution is -2.35. The Labute approximate surface area is 118 Å². The highest BCUT2D eigenvalue weighted by atomic mass is 35.5. The van der Waals surface area contributed by atoms with Crippen molar-refractivity contribution in [2.75, 3.05) is 32.1 Å². The second kappa shape index (κ2) is 6.26. The van der Waals surface area contributed by atoms with Crippen LogP contribution < -0.4 is 5.32 Å². The largest absolute Gasteiger partial charge is 0.381 e. The molecule has 1 aliphatic rings. The third-order valence-corrected chi connectivity index (χ3v) is 3.58. The highest BCUT2D eigenvalue weighted by Gasteiger charge is 2.20. The first-order valence-corrected chi connectivity index (χ1v) is 6.80. The minimum Gasteiger partial charge on any atom is -0.381 e. The smallest absolute Gasteiger partial charge is 0.321 e. The first-order valence-electron chi connectivity index (χ1n) is 6.42. The molecule has 1 atom stereocenters. The molecule has 0 aliphatic carbocycles. The number of nitrogens with zero attached hydrogens (tertiary/aromatic N) is 1. The Kier molecular flexibility index (Phi) is 4.66. The molecule has 5 heteroatoms. The molecule has 1 N–H and O–H groups in total. The van der Waals surface area contributed by atoms with Crippen LogP contribution in [0, 0.1) is 12.8 Å². The maximum Gasteiger partial charge on any atom is 0.321 e. The van der Waals surface area contributed by atoms with Gasteiger partial charge in [-0.2, -0.15) is 0 Å². The number of aryl methyl sites for hydroxylation is 1. The number of ether oxygens (including phenoxy) is 1. The maximum atomic E-state index is 12.1. The average Bonchev–Trinajstić information content (AvgIpc) is 2.85. The van der Waals surface area contributed by atoms with Gasteiger partial charge in [-0.3, -0.25) is 0 Å². The van der Waals surface area contributed by atoms with Gasteiger partial charge in [0.1, 0.15) is 0 Å². The van der Waals surface area contributed by atoms with Crippen molar-refractivity contribution in [3.63, 3.8) is 0 Å². The maximum absolute atomic E-state index is 12.1. The molecule has 1 fully saturated rings. The second-order valence-corrected chi connectivity index (χ2v) is 5.43. The summed E-state index contributed by atoms with van der Waals surface area (Å²) in [5, 5.41) is 3.39. The quantitative estimate of drug-likeness (QED) is 0.925. The van der Waals surface area contributed by atoms with Gasteiger partial charge in [0.25, 0.3) is 0 Å². The van der Waals surface area contributed by atoms with Gasteiger partial charge in [0.2, 0.25) is 0 Å². The molecule has 0 aromatic heterocycles. The van der Waals surface area contributed by atoms with E-state index in [-0.39, 0.29) is 6.03 Å². The first kappa shape index (κ1) is 14.2. The molecule has 0 spiro atoms. The molecule has 2 amide bonds. The summed E-state index contributed by atoms with van der Waals surface area (Å²) in [6.07, 6.45) is 1.02. The Bertz CT molecular complexity index is 459. The fourth-order valence-corrected chi connectivity index (χ4v) is 2.41. The van der Waals surface area contributed by atoms with Crippen LogP contribution in [0.15, 0.2) is 18.2 Å². The Morgan fingerprint density at radius 1 is 1.58 bits per heavy atom. The van der Waals surface area contributed by atoms with Crippen LogP contribution >= 0.6 is 11.6 Å². The molecule has 2 rings (SSSR count). The van der Waals surface area contributed by atoms with E-state index in [9.17, 15) is 4.79 Å². The number of anilines is 1. The first-order chi connectivity index (χ1) is 9.06. The van der Waals surface area contributed by atoms with E-state index in [4.69, 9.17) is 16.3 Å². The van der Waals surface area contributed by atoms with Crippen LogP contribution in [0.1, 0.15) is 12.0 Å². The molecule has 0 bridgehead atoms. The van der Waals surface area contributed by atoms with E-state index in [0.717, 1.165) is 25.2 Å². The third kappa shape index (κ3) is 3.85. The average molecular weight is 283 g/mol. The summed E-state index contributed by atoms with van der Waals surface area (Å²) >= 11 is 6.10. The van der Waals surface area contributed by atoms with Crippen LogP contribution in [0.2, 0.25) is 5.02 Å². The summed E-state index contributed by atoms with van der Waals surface area (Å²) in [6.45, 7) is 4.20. The zero-order valence-corrected chi connectivity index (χ0v) is 12.0. The molecule has 19 heavy (non-hydrogen) atoms. The molecular weight excluding hydrogens is 264 g/mol. The fourth-order valence-electron chi connectivity index (χ4n) is 2.13. The number of carbonyl (C=O) groups is 1. The monoisotopic (exact) mass is 282 g/mol. The normalized spacial score (nSPS) is 18.4. The van der Waals surface area contributed by atoms with Crippen LogP contribution in [0.5, 0.6) is 0 Å². The van der Waals surface area contributed by atoms with Crippen molar-refractivity contribution in [2.24, 2.45) is 5.92 Å². The Morgan fingerprint density at radius 2 is 2.37 bits per heavy atom. The molecule has 0 radical (unpaired) electrons. The summed E-state index contributed by atoms with van der Waals surface area (Å²) in [4.78, 5) is 13.7. The van der Waals surface area contributed by atoms with Gasteiger partial charge < -0.3 is 15.0 Å². The van der Waals surface area contributed by atoms with Crippen molar-refractivity contribution in [3.05, 3.63) is 28.8 Å². The molecular formula is C14H19ClN2O2. The number of hydrogen-bond donors (Lipinski definition) is 1. The van der Waals surface area contributed by atoms with E-state index in [2.05, 4.69) is 5.32 Å². The van der Waals surface area contributed by atoms with Gasteiger partial charge in [-0.15, -0.1) is 0 Å². The summed E-state index contributed by atoms with van der Waals surface area (Å²) in [5.41, 5.74) is 1.71. The lowest BCUT2D eigenvalue weighted by atomic mass is 10.1. The minimum absolute atomic E-state index is 0.141. The molecule has 1 aromatic carbocycles.